The zero-order chi connectivity index (χ0) is 10.1. The first kappa shape index (κ1) is 9.68. The molecule has 0 aromatic carbocycles. The third-order valence-electron chi connectivity index (χ3n) is 2.58. The largest absolute Gasteiger partial charge is 0.462 e. The first-order valence-electron chi connectivity index (χ1n) is 4.79. The minimum absolute atomic E-state index is 0.115. The van der Waals surface area contributed by atoms with Crippen molar-refractivity contribution in [3.63, 3.8) is 0 Å². The fourth-order valence-electron chi connectivity index (χ4n) is 1.95. The molecule has 2 rings (SSSR count). The van der Waals surface area contributed by atoms with Gasteiger partial charge in [-0.3, -0.25) is 0 Å². The van der Waals surface area contributed by atoms with E-state index in [1.807, 2.05) is 6.92 Å². The Morgan fingerprint density at radius 2 is 2.29 bits per heavy atom. The molecule has 14 heavy (non-hydrogen) atoms. The van der Waals surface area contributed by atoms with Crippen molar-refractivity contribution in [2.45, 2.75) is 32.2 Å². The number of ether oxygens (including phenoxy) is 3. The van der Waals surface area contributed by atoms with E-state index in [1.54, 1.807) is 0 Å². The lowest BCUT2D eigenvalue weighted by Gasteiger charge is -2.33. The maximum absolute atomic E-state index is 11.5. The highest BCUT2D eigenvalue weighted by Crippen LogP contribution is 2.31. The Morgan fingerprint density at radius 3 is 3.00 bits per heavy atom. The van der Waals surface area contributed by atoms with Gasteiger partial charge in [-0.05, 0) is 18.9 Å². The second-order valence-corrected chi connectivity index (χ2v) is 3.62. The first-order chi connectivity index (χ1) is 6.72. The topological polar surface area (TPSA) is 44.8 Å². The van der Waals surface area contributed by atoms with E-state index in [2.05, 4.69) is 0 Å². The van der Waals surface area contributed by atoms with Crippen LogP contribution in [0.4, 0.5) is 0 Å². The van der Waals surface area contributed by atoms with Crippen LogP contribution in [0.5, 0.6) is 0 Å². The summed E-state index contributed by atoms with van der Waals surface area (Å²) in [6.07, 6.45) is 1.20. The van der Waals surface area contributed by atoms with Gasteiger partial charge < -0.3 is 14.2 Å². The molecular formula is C10H14O4. The van der Waals surface area contributed by atoms with Gasteiger partial charge in [0.15, 0.2) is 6.29 Å². The average Bonchev–Trinajstić information content (AvgIpc) is 2.16. The van der Waals surface area contributed by atoms with Crippen molar-refractivity contribution in [3.8, 4) is 0 Å². The lowest BCUT2D eigenvalue weighted by atomic mass is 9.95. The van der Waals surface area contributed by atoms with E-state index in [4.69, 9.17) is 14.2 Å². The highest BCUT2D eigenvalue weighted by molar-refractivity contribution is 5.91. The Balaban J connectivity index is 2.32. The molecule has 0 saturated carbocycles. The molecule has 0 aromatic rings. The molecule has 0 aromatic heterocycles. The molecule has 0 aliphatic carbocycles. The highest BCUT2D eigenvalue weighted by atomic mass is 16.7. The van der Waals surface area contributed by atoms with Crippen LogP contribution in [0, 0.1) is 0 Å². The zero-order valence-corrected chi connectivity index (χ0v) is 8.41. The maximum Gasteiger partial charge on any atom is 0.339 e. The molecule has 4 heteroatoms. The Hall–Kier alpha value is -0.870. The minimum Gasteiger partial charge on any atom is -0.462 e. The fraction of sp³-hybridized carbons (Fsp3) is 0.700. The van der Waals surface area contributed by atoms with E-state index in [0.29, 0.717) is 12.2 Å². The molecule has 0 spiro atoms. The van der Waals surface area contributed by atoms with Gasteiger partial charge in [0.2, 0.25) is 0 Å². The predicted molar refractivity (Wildman–Crippen MR) is 48.6 cm³/mol. The minimum atomic E-state index is -0.540. The summed E-state index contributed by atoms with van der Waals surface area (Å²) in [5.74, 6) is -0.287. The number of esters is 1. The van der Waals surface area contributed by atoms with E-state index >= 15 is 0 Å². The summed E-state index contributed by atoms with van der Waals surface area (Å²) in [7, 11) is 1.54. The molecule has 0 radical (unpaired) electrons. The van der Waals surface area contributed by atoms with Crippen molar-refractivity contribution in [2.24, 2.45) is 0 Å². The summed E-state index contributed by atoms with van der Waals surface area (Å²) in [5, 5.41) is 0. The number of hydrogen-bond acceptors (Lipinski definition) is 4. The van der Waals surface area contributed by atoms with Gasteiger partial charge in [0.1, 0.15) is 0 Å². The van der Waals surface area contributed by atoms with Crippen molar-refractivity contribution < 1.29 is 19.0 Å². The van der Waals surface area contributed by atoms with Crippen LogP contribution in [-0.4, -0.2) is 32.1 Å². The number of rotatable bonds is 1. The second-order valence-electron chi connectivity index (χ2n) is 3.62. The monoisotopic (exact) mass is 198 g/mol. The second kappa shape index (κ2) is 3.71. The zero-order valence-electron chi connectivity index (χ0n) is 8.41. The van der Waals surface area contributed by atoms with Crippen LogP contribution in [0.25, 0.3) is 0 Å². The summed E-state index contributed by atoms with van der Waals surface area (Å²) in [6.45, 7) is 2.47. The van der Waals surface area contributed by atoms with Crippen LogP contribution < -0.4 is 0 Å². The molecule has 0 bridgehead atoms. The van der Waals surface area contributed by atoms with E-state index in [1.165, 1.54) is 7.11 Å². The number of carbonyl (C=O) groups excluding carboxylic acids is 1. The number of carbonyl (C=O) groups is 1. The van der Waals surface area contributed by atoms with Crippen molar-refractivity contribution >= 4 is 5.97 Å². The van der Waals surface area contributed by atoms with Crippen LogP contribution in [0.2, 0.25) is 0 Å². The van der Waals surface area contributed by atoms with Crippen LogP contribution in [0.1, 0.15) is 19.8 Å². The average molecular weight is 198 g/mol. The third-order valence-corrected chi connectivity index (χ3v) is 2.58. The van der Waals surface area contributed by atoms with E-state index in [-0.39, 0.29) is 12.1 Å². The molecule has 2 atom stereocenters. The summed E-state index contributed by atoms with van der Waals surface area (Å²) in [4.78, 5) is 11.5. The molecule has 78 valence electrons. The van der Waals surface area contributed by atoms with Crippen LogP contribution >= 0.6 is 0 Å². The van der Waals surface area contributed by atoms with E-state index < -0.39 is 6.29 Å². The van der Waals surface area contributed by atoms with Crippen molar-refractivity contribution in [2.75, 3.05) is 13.7 Å². The molecule has 0 fully saturated rings. The van der Waals surface area contributed by atoms with Gasteiger partial charge in [-0.1, -0.05) is 0 Å². The SMILES string of the molecule is COC1OC(C)CC2=C1C(=O)OCC2. The van der Waals surface area contributed by atoms with Crippen LogP contribution in [0.3, 0.4) is 0 Å². The summed E-state index contributed by atoms with van der Waals surface area (Å²) >= 11 is 0. The summed E-state index contributed by atoms with van der Waals surface area (Å²) in [6, 6.07) is 0. The molecule has 0 amide bonds. The Morgan fingerprint density at radius 1 is 1.50 bits per heavy atom. The Kier molecular flexibility index (Phi) is 2.56. The summed E-state index contributed by atoms with van der Waals surface area (Å²) < 4.78 is 15.6. The molecule has 2 aliphatic heterocycles. The lowest BCUT2D eigenvalue weighted by molar-refractivity contribution is -0.162. The van der Waals surface area contributed by atoms with Gasteiger partial charge in [-0.15, -0.1) is 0 Å². The Labute approximate surface area is 82.8 Å². The van der Waals surface area contributed by atoms with Gasteiger partial charge in [-0.2, -0.15) is 0 Å². The van der Waals surface area contributed by atoms with Gasteiger partial charge in [0.25, 0.3) is 0 Å². The number of methoxy groups -OCH3 is 1. The van der Waals surface area contributed by atoms with Crippen molar-refractivity contribution in [3.05, 3.63) is 11.1 Å². The normalized spacial score (nSPS) is 32.6. The molecule has 2 unspecified atom stereocenters. The Bertz CT molecular complexity index is 282. The fourth-order valence-corrected chi connectivity index (χ4v) is 1.95. The smallest absolute Gasteiger partial charge is 0.339 e. The van der Waals surface area contributed by atoms with Crippen molar-refractivity contribution in [1.82, 2.24) is 0 Å². The lowest BCUT2D eigenvalue weighted by Crippen LogP contribution is -2.37. The van der Waals surface area contributed by atoms with Gasteiger partial charge in [0.05, 0.1) is 18.3 Å². The number of cyclic esters (lactones) is 1. The van der Waals surface area contributed by atoms with Crippen LogP contribution in [0.15, 0.2) is 11.1 Å². The van der Waals surface area contributed by atoms with E-state index in [9.17, 15) is 4.79 Å². The highest BCUT2D eigenvalue weighted by Gasteiger charge is 2.35. The quantitative estimate of drug-likeness (QED) is 0.590. The number of hydrogen-bond donors (Lipinski definition) is 0. The van der Waals surface area contributed by atoms with E-state index in [0.717, 1.165) is 18.4 Å². The molecule has 0 saturated heterocycles. The molecule has 2 aliphatic rings. The van der Waals surface area contributed by atoms with Gasteiger partial charge in [0, 0.05) is 13.5 Å². The standard InChI is InChI=1S/C10H14O4/c1-6-5-7-3-4-13-9(11)8(7)10(12-2)14-6/h6,10H,3-5H2,1-2H3. The third kappa shape index (κ3) is 1.55. The van der Waals surface area contributed by atoms with Gasteiger partial charge >= 0.3 is 5.97 Å². The summed E-state index contributed by atoms with van der Waals surface area (Å²) in [5.41, 5.74) is 1.71. The first-order valence-corrected chi connectivity index (χ1v) is 4.79. The molecular weight excluding hydrogens is 184 g/mol. The molecule has 4 nitrogen and oxygen atoms in total. The predicted octanol–water partition coefficient (Wildman–Crippen LogP) is 1.01. The maximum atomic E-state index is 11.5. The molecule has 2 heterocycles. The van der Waals surface area contributed by atoms with Crippen molar-refractivity contribution in [1.29, 1.82) is 0 Å². The molecule has 0 N–H and O–H groups in total. The van der Waals surface area contributed by atoms with Crippen LogP contribution in [-0.2, 0) is 19.0 Å². The van der Waals surface area contributed by atoms with Gasteiger partial charge in [-0.25, -0.2) is 4.79 Å².